The van der Waals surface area contributed by atoms with Gasteiger partial charge in [-0.05, 0) is 50.2 Å². The Bertz CT molecular complexity index is 872. The summed E-state index contributed by atoms with van der Waals surface area (Å²) in [4.78, 5) is 26.5. The van der Waals surface area contributed by atoms with E-state index in [0.29, 0.717) is 22.6 Å². The Balaban J connectivity index is 2.14. The normalized spacial score (nSPS) is 11.3. The highest BCUT2D eigenvalue weighted by molar-refractivity contribution is 6.05. The molecule has 0 unspecified atom stereocenters. The molecule has 2 aromatic carbocycles. The minimum atomic E-state index is -0.541. The molecule has 5 nitrogen and oxygen atoms in total. The smallest absolute Gasteiger partial charge is 0.255 e. The summed E-state index contributed by atoms with van der Waals surface area (Å²) >= 11 is 0. The molecule has 2 amide bonds. The van der Waals surface area contributed by atoms with Crippen LogP contribution in [0.4, 0.5) is 21.5 Å². The number of halogens is 1. The molecule has 0 atom stereocenters. The minimum Gasteiger partial charge on any atom is -0.370 e. The summed E-state index contributed by atoms with van der Waals surface area (Å²) in [6, 6.07) is 11.4. The molecule has 28 heavy (non-hydrogen) atoms. The monoisotopic (exact) mass is 385 g/mol. The van der Waals surface area contributed by atoms with Crippen LogP contribution < -0.4 is 15.5 Å². The van der Waals surface area contributed by atoms with Gasteiger partial charge in [-0.25, -0.2) is 4.39 Å². The Morgan fingerprint density at radius 1 is 1.00 bits per heavy atom. The fourth-order valence-electron chi connectivity index (χ4n) is 2.41. The van der Waals surface area contributed by atoms with Crippen LogP contribution in [0.15, 0.2) is 42.5 Å². The molecule has 0 aliphatic rings. The fourth-order valence-corrected chi connectivity index (χ4v) is 2.41. The van der Waals surface area contributed by atoms with Gasteiger partial charge in [-0.1, -0.05) is 26.8 Å². The van der Waals surface area contributed by atoms with E-state index in [9.17, 15) is 14.0 Å². The summed E-state index contributed by atoms with van der Waals surface area (Å²) in [5.74, 6) is -0.923. The second-order valence-corrected chi connectivity index (χ2v) is 8.11. The first-order valence-electron chi connectivity index (χ1n) is 9.24. The van der Waals surface area contributed by atoms with Gasteiger partial charge < -0.3 is 15.5 Å². The molecule has 0 aromatic heterocycles. The molecule has 2 N–H and O–H groups in total. The minimum absolute atomic E-state index is 0.142. The highest BCUT2D eigenvalue weighted by atomic mass is 19.1. The third-order valence-electron chi connectivity index (χ3n) is 4.42. The number of carbonyl (C=O) groups is 2. The molecule has 0 bridgehead atoms. The van der Waals surface area contributed by atoms with Crippen LogP contribution in [0.5, 0.6) is 0 Å². The first-order valence-corrected chi connectivity index (χ1v) is 9.24. The molecule has 2 aromatic rings. The molecular formula is C22H28FN3O2. The predicted octanol–water partition coefficient (Wildman–Crippen LogP) is 4.91. The average molecular weight is 385 g/mol. The summed E-state index contributed by atoms with van der Waals surface area (Å²) in [6.07, 6.45) is 0. The Morgan fingerprint density at radius 3 is 2.21 bits per heavy atom. The van der Waals surface area contributed by atoms with E-state index in [1.807, 2.05) is 46.6 Å². The van der Waals surface area contributed by atoms with E-state index < -0.39 is 11.2 Å². The predicted molar refractivity (Wildman–Crippen MR) is 112 cm³/mol. The first kappa shape index (κ1) is 21.4. The van der Waals surface area contributed by atoms with Crippen molar-refractivity contribution in [2.75, 3.05) is 22.6 Å². The lowest BCUT2D eigenvalue weighted by Gasteiger charge is -2.24. The zero-order valence-electron chi connectivity index (χ0n) is 17.3. The van der Waals surface area contributed by atoms with Crippen molar-refractivity contribution in [3.63, 3.8) is 0 Å². The number of nitrogens with zero attached hydrogens (tertiary/aromatic N) is 1. The van der Waals surface area contributed by atoms with Crippen molar-refractivity contribution in [1.82, 2.24) is 0 Å². The maximum absolute atomic E-state index is 14.4. The molecule has 0 heterocycles. The van der Waals surface area contributed by atoms with Crippen LogP contribution in [-0.4, -0.2) is 24.9 Å². The topological polar surface area (TPSA) is 61.4 Å². The van der Waals surface area contributed by atoms with Crippen LogP contribution in [0.25, 0.3) is 0 Å². The molecular weight excluding hydrogens is 357 g/mol. The number of nitrogens with one attached hydrogen (secondary N) is 2. The number of carbonyl (C=O) groups excluding carboxylic acids is 2. The fraction of sp³-hybridized carbons (Fsp3) is 0.364. The molecule has 0 aliphatic heterocycles. The largest absolute Gasteiger partial charge is 0.370 e. The van der Waals surface area contributed by atoms with Gasteiger partial charge in [0.25, 0.3) is 5.91 Å². The number of hydrogen-bond donors (Lipinski definition) is 2. The van der Waals surface area contributed by atoms with Crippen molar-refractivity contribution in [3.05, 3.63) is 53.8 Å². The second kappa shape index (κ2) is 8.42. The van der Waals surface area contributed by atoms with E-state index in [0.717, 1.165) is 0 Å². The van der Waals surface area contributed by atoms with Crippen LogP contribution in [0.3, 0.4) is 0 Å². The van der Waals surface area contributed by atoms with Gasteiger partial charge in [0.05, 0.1) is 5.69 Å². The summed E-state index contributed by atoms with van der Waals surface area (Å²) in [7, 11) is 1.82. The van der Waals surface area contributed by atoms with Gasteiger partial charge in [0, 0.05) is 35.4 Å². The molecule has 2 rings (SSSR count). The van der Waals surface area contributed by atoms with Crippen molar-refractivity contribution >= 4 is 28.9 Å². The van der Waals surface area contributed by atoms with Crippen molar-refractivity contribution in [2.45, 2.75) is 40.7 Å². The Kier molecular flexibility index (Phi) is 6.44. The van der Waals surface area contributed by atoms with Gasteiger partial charge in [0.15, 0.2) is 0 Å². The molecule has 0 aliphatic carbocycles. The Morgan fingerprint density at radius 2 is 1.64 bits per heavy atom. The number of rotatable bonds is 5. The summed E-state index contributed by atoms with van der Waals surface area (Å²) in [6.45, 7) is 9.39. The van der Waals surface area contributed by atoms with Crippen molar-refractivity contribution < 1.29 is 14.0 Å². The first-order chi connectivity index (χ1) is 13.0. The molecule has 0 fully saturated rings. The quantitative estimate of drug-likeness (QED) is 0.769. The number of benzene rings is 2. The molecule has 0 saturated carbocycles. The van der Waals surface area contributed by atoms with E-state index in [-0.39, 0.29) is 17.9 Å². The van der Waals surface area contributed by atoms with Crippen LogP contribution in [0.1, 0.15) is 45.0 Å². The van der Waals surface area contributed by atoms with Crippen LogP contribution in [-0.2, 0) is 4.79 Å². The summed E-state index contributed by atoms with van der Waals surface area (Å²) in [5, 5.41) is 5.49. The Labute approximate surface area is 165 Å². The van der Waals surface area contributed by atoms with Gasteiger partial charge in [-0.15, -0.1) is 0 Å². The van der Waals surface area contributed by atoms with E-state index in [4.69, 9.17) is 0 Å². The maximum Gasteiger partial charge on any atom is 0.255 e. The zero-order chi connectivity index (χ0) is 21.1. The summed E-state index contributed by atoms with van der Waals surface area (Å²) < 4.78 is 14.4. The number of anilines is 3. The lowest BCUT2D eigenvalue weighted by Crippen LogP contribution is -2.27. The van der Waals surface area contributed by atoms with Crippen molar-refractivity contribution in [1.29, 1.82) is 0 Å². The molecule has 0 spiro atoms. The van der Waals surface area contributed by atoms with Gasteiger partial charge in [-0.3, -0.25) is 9.59 Å². The van der Waals surface area contributed by atoms with E-state index >= 15 is 0 Å². The highest BCUT2D eigenvalue weighted by Gasteiger charge is 2.21. The maximum atomic E-state index is 14.4. The standard InChI is InChI=1S/C22H28FN3O2/c1-14(2)26(6)19-11-10-17(13-18(19)23)24-20(27)15-8-7-9-16(12-15)25-21(28)22(3,4)5/h7-14H,1-6H3,(H,24,27)(H,25,28). The van der Waals surface area contributed by atoms with Crippen LogP contribution in [0.2, 0.25) is 0 Å². The van der Waals surface area contributed by atoms with Crippen LogP contribution >= 0.6 is 0 Å². The molecule has 0 radical (unpaired) electrons. The second-order valence-electron chi connectivity index (χ2n) is 8.11. The number of hydrogen-bond acceptors (Lipinski definition) is 3. The zero-order valence-corrected chi connectivity index (χ0v) is 17.3. The SMILES string of the molecule is CC(C)N(C)c1ccc(NC(=O)c2cccc(NC(=O)C(C)(C)C)c2)cc1F. The van der Waals surface area contributed by atoms with Gasteiger partial charge in [0.2, 0.25) is 5.91 Å². The lowest BCUT2D eigenvalue weighted by molar-refractivity contribution is -0.123. The van der Waals surface area contributed by atoms with Gasteiger partial charge in [-0.2, -0.15) is 0 Å². The van der Waals surface area contributed by atoms with Gasteiger partial charge in [0.1, 0.15) is 5.82 Å². The lowest BCUT2D eigenvalue weighted by atomic mass is 9.95. The third-order valence-corrected chi connectivity index (χ3v) is 4.42. The third kappa shape index (κ3) is 5.31. The van der Waals surface area contributed by atoms with E-state index in [2.05, 4.69) is 10.6 Å². The van der Waals surface area contributed by atoms with E-state index in [1.54, 1.807) is 36.4 Å². The highest BCUT2D eigenvalue weighted by Crippen LogP contribution is 2.24. The van der Waals surface area contributed by atoms with Crippen LogP contribution in [0, 0.1) is 11.2 Å². The van der Waals surface area contributed by atoms with Crippen molar-refractivity contribution in [3.8, 4) is 0 Å². The summed E-state index contributed by atoms with van der Waals surface area (Å²) in [5.41, 5.74) is 1.20. The molecule has 150 valence electrons. The van der Waals surface area contributed by atoms with Gasteiger partial charge >= 0.3 is 0 Å². The molecule has 0 saturated heterocycles. The van der Waals surface area contributed by atoms with Crippen molar-refractivity contribution in [2.24, 2.45) is 5.41 Å². The van der Waals surface area contributed by atoms with E-state index in [1.165, 1.54) is 6.07 Å². The Hall–Kier alpha value is -2.89. The molecule has 6 heteroatoms. The average Bonchev–Trinajstić information content (AvgIpc) is 2.60. The number of amides is 2.